The molecule has 5 N–H and O–H groups in total. The van der Waals surface area contributed by atoms with Crippen LogP contribution in [0.4, 0.5) is 10.1 Å². The molecule has 5 atom stereocenters. The Morgan fingerprint density at radius 2 is 1.34 bits per heavy atom. The van der Waals surface area contributed by atoms with E-state index in [1.54, 1.807) is 12.1 Å². The van der Waals surface area contributed by atoms with Crippen LogP contribution >= 0.6 is 0 Å². The van der Waals surface area contributed by atoms with E-state index >= 15 is 0 Å². The average molecular weight is 624 g/mol. The summed E-state index contributed by atoms with van der Waals surface area (Å²) in [5.74, 6) is -3.61. The molecule has 244 valence electrons. The molecule has 14 heteroatoms. The molecule has 5 rings (SSSR count). The number of ether oxygens (including phenoxy) is 1. The number of carboxylic acids is 2. The number of hydrogen-bond donors (Lipinski definition) is 5. The van der Waals surface area contributed by atoms with E-state index in [0.717, 1.165) is 50.0 Å². The molecule has 0 radical (unpaired) electrons. The predicted molar refractivity (Wildman–Crippen MR) is 153 cm³/mol. The summed E-state index contributed by atoms with van der Waals surface area (Å²) in [5.41, 5.74) is 0.794. The van der Waals surface area contributed by atoms with E-state index in [4.69, 9.17) is 25.2 Å². The third-order valence-corrected chi connectivity index (χ3v) is 8.83. The van der Waals surface area contributed by atoms with Crippen LogP contribution in [-0.2, 0) is 19.2 Å². The molecule has 0 spiro atoms. The Bertz CT molecular complexity index is 1150. The van der Waals surface area contributed by atoms with Gasteiger partial charge in [-0.05, 0) is 50.7 Å². The largest absolute Gasteiger partial charge is 0.488 e. The van der Waals surface area contributed by atoms with E-state index in [1.165, 1.54) is 23.8 Å². The fourth-order valence-electron chi connectivity index (χ4n) is 6.44. The molecule has 0 bridgehead atoms. The van der Waals surface area contributed by atoms with Crippen LogP contribution in [0.1, 0.15) is 51.4 Å². The van der Waals surface area contributed by atoms with Crippen molar-refractivity contribution in [2.24, 2.45) is 11.8 Å². The minimum absolute atomic E-state index is 0.0775. The highest BCUT2D eigenvalue weighted by Gasteiger charge is 2.48. The summed E-state index contributed by atoms with van der Waals surface area (Å²) in [7, 11) is 0. The molecule has 2 heterocycles. The Hall–Kier alpha value is -3.33. The molecule has 5 unspecified atom stereocenters. The van der Waals surface area contributed by atoms with Crippen molar-refractivity contribution >= 4 is 29.4 Å². The van der Waals surface area contributed by atoms with Crippen LogP contribution in [0.25, 0.3) is 0 Å². The Kier molecular flexibility index (Phi) is 11.5. The number of likely N-dealkylation sites (tertiary alicyclic amines) is 1. The van der Waals surface area contributed by atoms with Gasteiger partial charge in [0.15, 0.2) is 12.2 Å². The van der Waals surface area contributed by atoms with Crippen LogP contribution in [0.2, 0.25) is 0 Å². The first-order valence-electron chi connectivity index (χ1n) is 15.2. The number of nitrogens with zero attached hydrogens (tertiary/aromatic N) is 3. The van der Waals surface area contributed by atoms with Gasteiger partial charge in [-0.2, -0.15) is 0 Å². The lowest BCUT2D eigenvalue weighted by Crippen LogP contribution is -2.50. The Balaban J connectivity index is 0.000000382. The summed E-state index contributed by atoms with van der Waals surface area (Å²) in [4.78, 5) is 50.5. The van der Waals surface area contributed by atoms with Gasteiger partial charge in [0, 0.05) is 38.8 Å². The Morgan fingerprint density at radius 3 is 1.86 bits per heavy atom. The van der Waals surface area contributed by atoms with E-state index < -0.39 is 30.3 Å². The van der Waals surface area contributed by atoms with Crippen LogP contribution in [-0.4, -0.2) is 123 Å². The van der Waals surface area contributed by atoms with E-state index in [0.29, 0.717) is 32.7 Å². The van der Waals surface area contributed by atoms with Crippen molar-refractivity contribution in [1.29, 1.82) is 0 Å². The number of amides is 2. The predicted octanol–water partition coefficient (Wildman–Crippen LogP) is 0.683. The van der Waals surface area contributed by atoms with Gasteiger partial charge in [0.1, 0.15) is 11.6 Å². The number of benzene rings is 1. The summed E-state index contributed by atoms with van der Waals surface area (Å²) in [6.07, 6.45) is 2.94. The smallest absolute Gasteiger partial charge is 0.335 e. The van der Waals surface area contributed by atoms with Gasteiger partial charge < -0.3 is 35.2 Å². The number of carboxylic acid groups (broad SMARTS) is 2. The maximum atomic E-state index is 14.0. The highest BCUT2D eigenvalue weighted by molar-refractivity contribution is 6.05. The van der Waals surface area contributed by atoms with Crippen LogP contribution in [0.3, 0.4) is 0 Å². The number of aliphatic hydroxyl groups excluding tert-OH is 3. The lowest BCUT2D eigenvalue weighted by molar-refractivity contribution is -0.165. The summed E-state index contributed by atoms with van der Waals surface area (Å²) < 4.78 is 20.3. The second-order valence-electron chi connectivity index (χ2n) is 11.9. The van der Waals surface area contributed by atoms with E-state index in [9.17, 15) is 28.7 Å². The van der Waals surface area contributed by atoms with Crippen molar-refractivity contribution in [3.05, 3.63) is 24.0 Å². The van der Waals surface area contributed by atoms with Gasteiger partial charge in [0.05, 0.1) is 36.3 Å². The maximum absolute atomic E-state index is 14.0. The quantitative estimate of drug-likeness (QED) is 0.230. The number of aliphatic carboxylic acids is 2. The van der Waals surface area contributed by atoms with Crippen molar-refractivity contribution in [2.75, 3.05) is 44.2 Å². The SMILES string of the molecule is O=C(O)C(O)C(O)C(=O)O.O=C1C2CCCCC2C(=O)N1CC(O)CN1CCN(c2cc(F)ccc2OC2CCCC2)CC1. The number of carbonyl (C=O) groups is 4. The summed E-state index contributed by atoms with van der Waals surface area (Å²) in [5, 5.41) is 43.2. The zero-order valence-corrected chi connectivity index (χ0v) is 24.6. The summed E-state index contributed by atoms with van der Waals surface area (Å²) in [6.45, 7) is 3.31. The zero-order valence-electron chi connectivity index (χ0n) is 24.6. The zero-order chi connectivity index (χ0) is 32.0. The molecule has 1 aromatic rings. The number of anilines is 1. The molecule has 2 amide bonds. The van der Waals surface area contributed by atoms with Gasteiger partial charge in [-0.25, -0.2) is 14.0 Å². The van der Waals surface area contributed by atoms with E-state index in [1.807, 2.05) is 0 Å². The number of aliphatic hydroxyl groups is 3. The number of hydrogen-bond acceptors (Lipinski definition) is 10. The number of imide groups is 1. The fraction of sp³-hybridized carbons (Fsp3) is 0.667. The molecule has 4 fully saturated rings. The Morgan fingerprint density at radius 1 is 0.818 bits per heavy atom. The summed E-state index contributed by atoms with van der Waals surface area (Å²) in [6, 6.07) is 4.75. The number of carbonyl (C=O) groups excluding carboxylic acids is 2. The first-order chi connectivity index (χ1) is 21.0. The van der Waals surface area contributed by atoms with Crippen LogP contribution in [0.15, 0.2) is 18.2 Å². The number of halogens is 1. The van der Waals surface area contributed by atoms with Crippen molar-refractivity contribution in [3.8, 4) is 5.75 Å². The highest BCUT2D eigenvalue weighted by Crippen LogP contribution is 2.38. The number of rotatable bonds is 10. The molecule has 13 nitrogen and oxygen atoms in total. The molecular weight excluding hydrogens is 581 g/mol. The van der Waals surface area contributed by atoms with E-state index in [-0.39, 0.29) is 42.1 Å². The van der Waals surface area contributed by atoms with Gasteiger partial charge in [-0.15, -0.1) is 0 Å². The van der Waals surface area contributed by atoms with Gasteiger partial charge in [-0.3, -0.25) is 19.4 Å². The minimum Gasteiger partial charge on any atom is -0.488 e. The van der Waals surface area contributed by atoms with E-state index in [2.05, 4.69) is 9.80 Å². The van der Waals surface area contributed by atoms with Gasteiger partial charge >= 0.3 is 11.9 Å². The topological polar surface area (TPSA) is 188 Å². The molecule has 1 aromatic carbocycles. The highest BCUT2D eigenvalue weighted by atomic mass is 19.1. The van der Waals surface area contributed by atoms with Crippen LogP contribution in [0.5, 0.6) is 5.75 Å². The van der Waals surface area contributed by atoms with Gasteiger partial charge in [0.2, 0.25) is 11.8 Å². The lowest BCUT2D eigenvalue weighted by atomic mass is 9.81. The monoisotopic (exact) mass is 623 g/mol. The van der Waals surface area contributed by atoms with Gasteiger partial charge in [0.25, 0.3) is 0 Å². The number of β-amino-alcohol motifs (C(OH)–C–C–N with tert-alkyl or cyclic N) is 1. The standard InChI is InChI=1S/C26H36FN3O4.C4H6O6/c27-18-9-10-24(34-20-5-1-2-6-20)23(15-18)29-13-11-28(12-14-29)16-19(31)17-30-25(32)21-7-3-4-8-22(21)26(30)33;5-1(3(7)8)2(6)4(9)10/h9-10,15,19-22,31H,1-8,11-14,16-17H2;1-2,5-6H,(H,7,8)(H,9,10). The Labute approximate surface area is 254 Å². The summed E-state index contributed by atoms with van der Waals surface area (Å²) >= 11 is 0. The normalized spacial score (nSPS) is 24.7. The minimum atomic E-state index is -2.27. The molecule has 4 aliphatic rings. The fourth-order valence-corrected chi connectivity index (χ4v) is 6.44. The second kappa shape index (κ2) is 15.1. The molecule has 2 saturated carbocycles. The van der Waals surface area contributed by atoms with Crippen molar-refractivity contribution in [3.63, 3.8) is 0 Å². The molecule has 2 saturated heterocycles. The first kappa shape index (κ1) is 33.6. The van der Waals surface area contributed by atoms with Gasteiger partial charge in [-0.1, -0.05) is 12.8 Å². The number of piperazine rings is 1. The molecule has 44 heavy (non-hydrogen) atoms. The lowest BCUT2D eigenvalue weighted by Gasteiger charge is -2.38. The van der Waals surface area contributed by atoms with Crippen molar-refractivity contribution in [2.45, 2.75) is 75.8 Å². The third kappa shape index (κ3) is 8.23. The molecular formula is C30H42FN3O10. The molecule has 0 aromatic heterocycles. The maximum Gasteiger partial charge on any atom is 0.335 e. The van der Waals surface area contributed by atoms with Crippen molar-refractivity contribution in [1.82, 2.24) is 9.80 Å². The first-order valence-corrected chi connectivity index (χ1v) is 15.2. The van der Waals surface area contributed by atoms with Crippen LogP contribution < -0.4 is 9.64 Å². The number of fused-ring (bicyclic) bond motifs is 1. The van der Waals surface area contributed by atoms with Crippen molar-refractivity contribution < 1.29 is 53.8 Å². The average Bonchev–Trinajstić information content (AvgIpc) is 3.60. The third-order valence-electron chi connectivity index (χ3n) is 8.83. The van der Waals surface area contributed by atoms with Crippen LogP contribution in [0, 0.1) is 17.7 Å². The molecule has 2 aliphatic carbocycles. The second-order valence-corrected chi connectivity index (χ2v) is 11.9. The molecule has 2 aliphatic heterocycles.